The molecule has 0 aliphatic rings. The first-order chi connectivity index (χ1) is 16.0. The maximum absolute atomic E-state index is 13.5. The second-order valence-corrected chi connectivity index (χ2v) is 9.30. The largest absolute Gasteiger partial charge is 0.421 e. The lowest BCUT2D eigenvalue weighted by Gasteiger charge is -2.15. The van der Waals surface area contributed by atoms with Gasteiger partial charge in [0.1, 0.15) is 11.4 Å². The summed E-state index contributed by atoms with van der Waals surface area (Å²) in [6.07, 6.45) is -3.00. The molecule has 0 fully saturated rings. The fraction of sp³-hybridized carbons (Fsp3) is 0.227. The number of anilines is 3. The van der Waals surface area contributed by atoms with Crippen molar-refractivity contribution >= 4 is 33.2 Å². The smallest absolute Gasteiger partial charge is 0.365 e. The van der Waals surface area contributed by atoms with Crippen molar-refractivity contribution in [3.63, 3.8) is 0 Å². The molecule has 0 unspecified atom stereocenters. The average Bonchev–Trinajstić information content (AvgIpc) is 2.77. The molecule has 0 spiro atoms. The molecule has 3 N–H and O–H groups in total. The van der Waals surface area contributed by atoms with Crippen molar-refractivity contribution in [3.05, 3.63) is 71.4 Å². The van der Waals surface area contributed by atoms with Gasteiger partial charge in [0.05, 0.1) is 4.90 Å². The lowest BCUT2D eigenvalue weighted by atomic mass is 10.2. The van der Waals surface area contributed by atoms with E-state index in [1.165, 1.54) is 18.2 Å². The Morgan fingerprint density at radius 1 is 1.09 bits per heavy atom. The molecular weight excluding hydrogens is 471 g/mol. The topological polar surface area (TPSA) is 113 Å². The Hall–Kier alpha value is -3.67. The molecule has 0 radical (unpaired) electrons. The summed E-state index contributed by atoms with van der Waals surface area (Å²) in [5.74, 6) is -0.800. The van der Waals surface area contributed by atoms with Crippen molar-refractivity contribution in [2.75, 3.05) is 23.4 Å². The van der Waals surface area contributed by atoms with E-state index in [1.807, 2.05) is 0 Å². The van der Waals surface area contributed by atoms with Crippen LogP contribution < -0.4 is 16.0 Å². The number of hydrogen-bond donors (Lipinski definition) is 3. The molecule has 2 aromatic carbocycles. The second-order valence-electron chi connectivity index (χ2n) is 7.29. The predicted octanol–water partition coefficient (Wildman–Crippen LogP) is 4.00. The molecule has 0 saturated heterocycles. The van der Waals surface area contributed by atoms with Crippen molar-refractivity contribution < 1.29 is 26.4 Å². The lowest BCUT2D eigenvalue weighted by Crippen LogP contribution is -2.22. The molecule has 3 aromatic rings. The number of carbonyl (C=O) groups is 1. The van der Waals surface area contributed by atoms with Gasteiger partial charge in [-0.1, -0.05) is 12.1 Å². The van der Waals surface area contributed by atoms with Crippen LogP contribution in [0, 0.1) is 0 Å². The molecule has 1 aromatic heterocycles. The van der Waals surface area contributed by atoms with Crippen molar-refractivity contribution in [2.24, 2.45) is 0 Å². The van der Waals surface area contributed by atoms with Gasteiger partial charge in [0.2, 0.25) is 5.95 Å². The number of alkyl halides is 3. The van der Waals surface area contributed by atoms with E-state index in [4.69, 9.17) is 0 Å². The van der Waals surface area contributed by atoms with E-state index in [9.17, 15) is 26.4 Å². The second kappa shape index (κ2) is 10.1. The van der Waals surface area contributed by atoms with Crippen molar-refractivity contribution in [1.82, 2.24) is 15.3 Å². The summed E-state index contributed by atoms with van der Waals surface area (Å²) in [5.41, 5.74) is 0.299. The van der Waals surface area contributed by atoms with Crippen LogP contribution in [0.3, 0.4) is 0 Å². The zero-order valence-electron chi connectivity index (χ0n) is 18.3. The lowest BCUT2D eigenvalue weighted by molar-refractivity contribution is -0.137. The van der Waals surface area contributed by atoms with Crippen molar-refractivity contribution in [3.8, 4) is 0 Å². The fourth-order valence-corrected chi connectivity index (χ4v) is 3.64. The first-order valence-corrected chi connectivity index (χ1v) is 12.0. The standard InChI is InChI=1S/C22H22F3N5O3S/c1-3-26-20(31)15-7-9-16(10-8-15)29-21-28-13-18(22(23,24)25)19(30-21)27-12-14-5-4-6-17(11-14)34(2,32)33/h4-11,13H,3,12H2,1-2H3,(H,26,31)(H2,27,28,29,30). The Kier molecular flexibility index (Phi) is 7.40. The monoisotopic (exact) mass is 493 g/mol. The van der Waals surface area contributed by atoms with Crippen LogP contribution in [0.5, 0.6) is 0 Å². The molecule has 0 aliphatic carbocycles. The number of nitrogens with zero attached hydrogens (tertiary/aromatic N) is 2. The highest BCUT2D eigenvalue weighted by Gasteiger charge is 2.35. The summed E-state index contributed by atoms with van der Waals surface area (Å²) in [6.45, 7) is 2.18. The molecule has 180 valence electrons. The highest BCUT2D eigenvalue weighted by molar-refractivity contribution is 7.90. The van der Waals surface area contributed by atoms with Crippen LogP contribution in [-0.4, -0.2) is 37.1 Å². The van der Waals surface area contributed by atoms with E-state index in [0.717, 1.165) is 6.26 Å². The number of hydrogen-bond acceptors (Lipinski definition) is 7. The highest BCUT2D eigenvalue weighted by Crippen LogP contribution is 2.34. The Bertz CT molecular complexity index is 1280. The van der Waals surface area contributed by atoms with Crippen LogP contribution in [-0.2, 0) is 22.6 Å². The van der Waals surface area contributed by atoms with Gasteiger partial charge in [0, 0.05) is 36.8 Å². The Morgan fingerprint density at radius 2 is 1.79 bits per heavy atom. The van der Waals surface area contributed by atoms with Crippen LogP contribution >= 0.6 is 0 Å². The van der Waals surface area contributed by atoms with Gasteiger partial charge >= 0.3 is 6.18 Å². The third kappa shape index (κ3) is 6.44. The van der Waals surface area contributed by atoms with E-state index < -0.39 is 27.4 Å². The number of carbonyl (C=O) groups excluding carboxylic acids is 1. The fourth-order valence-electron chi connectivity index (χ4n) is 2.95. The average molecular weight is 494 g/mol. The third-order valence-corrected chi connectivity index (χ3v) is 5.73. The zero-order chi connectivity index (χ0) is 24.9. The molecule has 1 amide bonds. The Morgan fingerprint density at radius 3 is 2.41 bits per heavy atom. The van der Waals surface area contributed by atoms with Gasteiger partial charge in [0.25, 0.3) is 5.91 Å². The summed E-state index contributed by atoms with van der Waals surface area (Å²) in [5, 5.41) is 8.09. The minimum absolute atomic E-state index is 0.0592. The number of rotatable bonds is 8. The van der Waals surface area contributed by atoms with Gasteiger partial charge in [-0.25, -0.2) is 13.4 Å². The maximum Gasteiger partial charge on any atom is 0.421 e. The third-order valence-electron chi connectivity index (χ3n) is 4.62. The Balaban J connectivity index is 1.82. The highest BCUT2D eigenvalue weighted by atomic mass is 32.2. The molecule has 0 aliphatic heterocycles. The van der Waals surface area contributed by atoms with Crippen molar-refractivity contribution in [2.45, 2.75) is 24.5 Å². The van der Waals surface area contributed by atoms with Gasteiger partial charge in [-0.3, -0.25) is 4.79 Å². The summed E-state index contributed by atoms with van der Waals surface area (Å²) in [4.78, 5) is 19.6. The number of benzene rings is 2. The van der Waals surface area contributed by atoms with Crippen molar-refractivity contribution in [1.29, 1.82) is 0 Å². The quantitative estimate of drug-likeness (QED) is 0.435. The van der Waals surface area contributed by atoms with Gasteiger partial charge in [0.15, 0.2) is 9.84 Å². The first kappa shape index (κ1) is 25.0. The number of nitrogens with one attached hydrogen (secondary N) is 3. The minimum Gasteiger partial charge on any atom is -0.365 e. The van der Waals surface area contributed by atoms with E-state index >= 15 is 0 Å². The number of aromatic nitrogens is 2. The molecule has 0 saturated carbocycles. The molecule has 3 rings (SSSR count). The molecule has 0 atom stereocenters. The van der Waals surface area contributed by atoms with Crippen LogP contribution in [0.4, 0.5) is 30.6 Å². The summed E-state index contributed by atoms with van der Waals surface area (Å²) in [6, 6.07) is 12.2. The molecule has 8 nitrogen and oxygen atoms in total. The Labute approximate surface area is 194 Å². The number of sulfone groups is 1. The zero-order valence-corrected chi connectivity index (χ0v) is 19.1. The summed E-state index contributed by atoms with van der Waals surface area (Å²) in [7, 11) is -3.46. The van der Waals surface area contributed by atoms with Crippen LogP contribution in [0.15, 0.2) is 59.6 Å². The van der Waals surface area contributed by atoms with Gasteiger partial charge in [-0.05, 0) is 48.9 Å². The van der Waals surface area contributed by atoms with E-state index in [-0.39, 0.29) is 23.3 Å². The number of halogens is 3. The number of amides is 1. The predicted molar refractivity (Wildman–Crippen MR) is 122 cm³/mol. The van der Waals surface area contributed by atoms with Gasteiger partial charge in [-0.15, -0.1) is 0 Å². The van der Waals surface area contributed by atoms with Crippen LogP contribution in [0.2, 0.25) is 0 Å². The van der Waals surface area contributed by atoms with E-state index in [1.54, 1.807) is 37.3 Å². The summed E-state index contributed by atoms with van der Waals surface area (Å²) >= 11 is 0. The SMILES string of the molecule is CCNC(=O)c1ccc(Nc2ncc(C(F)(F)F)c(NCc3cccc(S(C)(=O)=O)c3)n2)cc1. The van der Waals surface area contributed by atoms with E-state index in [0.29, 0.717) is 29.6 Å². The normalized spacial score (nSPS) is 11.7. The van der Waals surface area contributed by atoms with Crippen LogP contribution in [0.25, 0.3) is 0 Å². The molecule has 34 heavy (non-hydrogen) atoms. The maximum atomic E-state index is 13.5. The van der Waals surface area contributed by atoms with E-state index in [2.05, 4.69) is 25.9 Å². The molecule has 1 heterocycles. The van der Waals surface area contributed by atoms with Crippen LogP contribution in [0.1, 0.15) is 28.4 Å². The molecule has 0 bridgehead atoms. The minimum atomic E-state index is -4.70. The summed E-state index contributed by atoms with van der Waals surface area (Å²) < 4.78 is 63.9. The van der Waals surface area contributed by atoms with Gasteiger partial charge < -0.3 is 16.0 Å². The molecular formula is C22H22F3N5O3S. The molecule has 12 heteroatoms. The first-order valence-electron chi connectivity index (χ1n) is 10.1. The van der Waals surface area contributed by atoms with Gasteiger partial charge in [-0.2, -0.15) is 18.2 Å².